The van der Waals surface area contributed by atoms with E-state index in [-0.39, 0.29) is 18.2 Å². The summed E-state index contributed by atoms with van der Waals surface area (Å²) in [5.41, 5.74) is 9.83. The lowest BCUT2D eigenvalue weighted by molar-refractivity contribution is -0.159. The number of hydrogen-bond donors (Lipinski definition) is 2. The summed E-state index contributed by atoms with van der Waals surface area (Å²) < 4.78 is 14.0. The Labute approximate surface area is 216 Å². The van der Waals surface area contributed by atoms with Crippen LogP contribution in [0, 0.1) is 5.41 Å². The van der Waals surface area contributed by atoms with E-state index < -0.39 is 5.41 Å². The maximum Gasteiger partial charge on any atom is 0.312 e. The molecule has 3 heterocycles. The second-order valence-electron chi connectivity index (χ2n) is 10.4. The van der Waals surface area contributed by atoms with Gasteiger partial charge in [-0.15, -0.1) is 0 Å². The van der Waals surface area contributed by atoms with Crippen LogP contribution >= 0.6 is 0 Å². The molecule has 5 rings (SSSR count). The fourth-order valence-electron chi connectivity index (χ4n) is 4.84. The summed E-state index contributed by atoms with van der Waals surface area (Å²) in [4.78, 5) is 21.4. The van der Waals surface area contributed by atoms with E-state index >= 15 is 0 Å². The molecule has 8 heteroatoms. The number of rotatable bonds is 6. The highest BCUT2D eigenvalue weighted by molar-refractivity contribution is 6.02. The number of ether oxygens (including phenoxy) is 2. The highest BCUT2D eigenvalue weighted by Crippen LogP contribution is 2.41. The Bertz CT molecular complexity index is 1410. The third-order valence-electron chi connectivity index (χ3n) is 6.67. The highest BCUT2D eigenvalue weighted by Gasteiger charge is 2.34. The normalized spacial score (nSPS) is 17.7. The van der Waals surface area contributed by atoms with E-state index in [1.807, 2.05) is 75.4 Å². The summed E-state index contributed by atoms with van der Waals surface area (Å²) in [6, 6.07) is 17.8. The molecular weight excluding hydrogens is 466 g/mol. The number of nitrogens with two attached hydrogens (primary N) is 1. The number of anilines is 1. The second kappa shape index (κ2) is 9.86. The number of carbonyl (C=O) groups excluding carboxylic acids is 1. The van der Waals surface area contributed by atoms with Crippen molar-refractivity contribution >= 4 is 22.8 Å². The van der Waals surface area contributed by atoms with Crippen LogP contribution in [0.25, 0.3) is 22.2 Å². The molecule has 1 aliphatic rings. The standard InChI is InChI=1S/C29H33N5O3/c1-5-22-24(18-11-13-21(14-12-18)36-20-9-7-6-8-10-20)25-26(30)32-17-33-27(25)34(22)19-15-23(31-16-19)37-28(35)29(2,3)4/h6-14,17,19,23,31H,5,15-16H2,1-4H3,(H2,30,32,33)/t19-,23?/m1/s1. The van der Waals surface area contributed by atoms with Gasteiger partial charge in [0.25, 0.3) is 0 Å². The predicted octanol–water partition coefficient (Wildman–Crippen LogP) is 5.49. The van der Waals surface area contributed by atoms with E-state index in [0.29, 0.717) is 18.8 Å². The molecule has 8 nitrogen and oxygen atoms in total. The van der Waals surface area contributed by atoms with Crippen LogP contribution in [0.1, 0.15) is 45.9 Å². The van der Waals surface area contributed by atoms with Crippen molar-refractivity contribution in [2.45, 2.75) is 52.8 Å². The number of nitrogen functional groups attached to an aromatic ring is 1. The lowest BCUT2D eigenvalue weighted by Crippen LogP contribution is -2.33. The van der Waals surface area contributed by atoms with Crippen LogP contribution in [0.5, 0.6) is 11.5 Å². The molecule has 0 bridgehead atoms. The minimum atomic E-state index is -0.556. The van der Waals surface area contributed by atoms with Gasteiger partial charge in [-0.25, -0.2) is 9.97 Å². The lowest BCUT2D eigenvalue weighted by Gasteiger charge is -2.21. The molecule has 2 atom stereocenters. The van der Waals surface area contributed by atoms with Crippen molar-refractivity contribution in [1.29, 1.82) is 0 Å². The summed E-state index contributed by atoms with van der Waals surface area (Å²) in [5, 5.41) is 4.20. The minimum absolute atomic E-state index is 0.0546. The quantitative estimate of drug-likeness (QED) is 0.338. The number of benzene rings is 2. The Morgan fingerprint density at radius 1 is 1.08 bits per heavy atom. The van der Waals surface area contributed by atoms with Crippen molar-refractivity contribution in [1.82, 2.24) is 19.9 Å². The zero-order valence-corrected chi connectivity index (χ0v) is 21.7. The molecule has 1 aliphatic heterocycles. The Hall–Kier alpha value is -3.91. The molecule has 0 aliphatic carbocycles. The van der Waals surface area contributed by atoms with Crippen molar-refractivity contribution < 1.29 is 14.3 Å². The first-order valence-corrected chi connectivity index (χ1v) is 12.7. The number of esters is 1. The van der Waals surface area contributed by atoms with Gasteiger partial charge >= 0.3 is 5.97 Å². The summed E-state index contributed by atoms with van der Waals surface area (Å²) in [6.45, 7) is 8.37. The van der Waals surface area contributed by atoms with Crippen LogP contribution in [0.15, 0.2) is 60.9 Å². The maximum atomic E-state index is 12.5. The largest absolute Gasteiger partial charge is 0.457 e. The molecule has 1 saturated heterocycles. The van der Waals surface area contributed by atoms with E-state index in [1.165, 1.54) is 6.33 Å². The van der Waals surface area contributed by atoms with Gasteiger partial charge in [-0.2, -0.15) is 0 Å². The summed E-state index contributed by atoms with van der Waals surface area (Å²) in [7, 11) is 0. The Morgan fingerprint density at radius 2 is 1.78 bits per heavy atom. The number of carbonyl (C=O) groups is 1. The van der Waals surface area contributed by atoms with E-state index in [1.54, 1.807) is 0 Å². The molecule has 2 aromatic carbocycles. The monoisotopic (exact) mass is 499 g/mol. The van der Waals surface area contributed by atoms with Gasteiger partial charge in [-0.05, 0) is 57.0 Å². The summed E-state index contributed by atoms with van der Waals surface area (Å²) in [5.74, 6) is 1.77. The molecule has 1 fully saturated rings. The molecule has 0 saturated carbocycles. The average molecular weight is 500 g/mol. The SMILES string of the molecule is CCc1c(-c2ccc(Oc3ccccc3)cc2)c2c(N)ncnc2n1[C@H]1CNC(OC(=O)C(C)(C)C)C1. The zero-order valence-electron chi connectivity index (χ0n) is 21.7. The average Bonchev–Trinajstić information content (AvgIpc) is 3.47. The summed E-state index contributed by atoms with van der Waals surface area (Å²) >= 11 is 0. The summed E-state index contributed by atoms with van der Waals surface area (Å²) in [6.07, 6.45) is 2.58. The van der Waals surface area contributed by atoms with Gasteiger partial charge in [-0.1, -0.05) is 37.3 Å². The van der Waals surface area contributed by atoms with Crippen LogP contribution in [-0.2, 0) is 16.0 Å². The second-order valence-corrected chi connectivity index (χ2v) is 10.4. The fraction of sp³-hybridized carbons (Fsp3) is 0.345. The van der Waals surface area contributed by atoms with Gasteiger partial charge in [0, 0.05) is 24.2 Å². The molecule has 192 valence electrons. The third kappa shape index (κ3) is 4.89. The van der Waals surface area contributed by atoms with Gasteiger partial charge in [0.05, 0.1) is 16.8 Å². The van der Waals surface area contributed by atoms with Crippen molar-refractivity contribution in [3.8, 4) is 22.6 Å². The van der Waals surface area contributed by atoms with E-state index in [2.05, 4.69) is 26.8 Å². The first kappa shape index (κ1) is 24.8. The molecular formula is C29H33N5O3. The van der Waals surface area contributed by atoms with Crippen LogP contribution in [-0.4, -0.2) is 33.3 Å². The van der Waals surface area contributed by atoms with Crippen LogP contribution in [0.4, 0.5) is 5.82 Å². The number of aromatic nitrogens is 3. The molecule has 0 spiro atoms. The van der Waals surface area contributed by atoms with Crippen LogP contribution in [0.2, 0.25) is 0 Å². The molecule has 0 radical (unpaired) electrons. The third-order valence-corrected chi connectivity index (χ3v) is 6.67. The molecule has 3 N–H and O–H groups in total. The number of nitrogens with zero attached hydrogens (tertiary/aromatic N) is 3. The van der Waals surface area contributed by atoms with Gasteiger partial charge in [-0.3, -0.25) is 10.1 Å². The number of para-hydroxylation sites is 1. The van der Waals surface area contributed by atoms with E-state index in [0.717, 1.165) is 45.8 Å². The molecule has 2 aromatic heterocycles. The van der Waals surface area contributed by atoms with Crippen molar-refractivity contribution in [2.75, 3.05) is 12.3 Å². The van der Waals surface area contributed by atoms with Crippen molar-refractivity contribution in [3.05, 3.63) is 66.6 Å². The number of nitrogens with one attached hydrogen (secondary N) is 1. The Balaban J connectivity index is 1.50. The van der Waals surface area contributed by atoms with Gasteiger partial charge < -0.3 is 19.8 Å². The lowest BCUT2D eigenvalue weighted by atomic mass is 9.97. The fourth-order valence-corrected chi connectivity index (χ4v) is 4.84. The topological polar surface area (TPSA) is 104 Å². The van der Waals surface area contributed by atoms with Gasteiger partial charge in [0.15, 0.2) is 6.23 Å². The molecule has 0 amide bonds. The first-order valence-electron chi connectivity index (χ1n) is 12.7. The van der Waals surface area contributed by atoms with E-state index in [4.69, 9.17) is 15.2 Å². The van der Waals surface area contributed by atoms with Crippen LogP contribution < -0.4 is 15.8 Å². The smallest absolute Gasteiger partial charge is 0.312 e. The molecule has 4 aromatic rings. The number of fused-ring (bicyclic) bond motifs is 1. The zero-order chi connectivity index (χ0) is 26.2. The van der Waals surface area contributed by atoms with Gasteiger partial charge in [0.2, 0.25) is 0 Å². The molecule has 1 unspecified atom stereocenters. The van der Waals surface area contributed by atoms with E-state index in [9.17, 15) is 4.79 Å². The van der Waals surface area contributed by atoms with Gasteiger partial charge in [0.1, 0.15) is 29.3 Å². The highest BCUT2D eigenvalue weighted by atomic mass is 16.6. The molecule has 37 heavy (non-hydrogen) atoms. The predicted molar refractivity (Wildman–Crippen MR) is 144 cm³/mol. The Morgan fingerprint density at radius 3 is 2.46 bits per heavy atom. The van der Waals surface area contributed by atoms with Crippen molar-refractivity contribution in [3.63, 3.8) is 0 Å². The minimum Gasteiger partial charge on any atom is -0.457 e. The van der Waals surface area contributed by atoms with Crippen molar-refractivity contribution in [2.24, 2.45) is 5.41 Å². The maximum absolute atomic E-state index is 12.5. The Kier molecular flexibility index (Phi) is 6.60. The first-order chi connectivity index (χ1) is 17.8. The number of hydrogen-bond acceptors (Lipinski definition) is 7. The van der Waals surface area contributed by atoms with Crippen LogP contribution in [0.3, 0.4) is 0 Å².